The van der Waals surface area contributed by atoms with Crippen LogP contribution in [0.25, 0.3) is 0 Å². The van der Waals surface area contributed by atoms with Crippen molar-refractivity contribution in [2.75, 3.05) is 6.16 Å². The predicted octanol–water partition coefficient (Wildman–Crippen LogP) is 1.11. The summed E-state index contributed by atoms with van der Waals surface area (Å²) in [6.07, 6.45) is 3.55. The van der Waals surface area contributed by atoms with Gasteiger partial charge < -0.3 is 14.4 Å². The number of hydrogen-bond acceptors (Lipinski definition) is 3. The molecule has 0 aromatic rings. The van der Waals surface area contributed by atoms with Crippen LogP contribution < -0.4 is 9.79 Å². The molecule has 5 heteroatoms. The quantitative estimate of drug-likeness (QED) is 0.528. The molecule has 0 saturated heterocycles. The molecule has 0 amide bonds. The molecular weight excluding hydrogens is 239 g/mol. The van der Waals surface area contributed by atoms with Crippen LogP contribution in [0.15, 0.2) is 0 Å². The van der Waals surface area contributed by atoms with Crippen LogP contribution in [-0.4, -0.2) is 6.16 Å². The monoisotopic (exact) mass is 255 g/mol. The fourth-order valence-electron chi connectivity index (χ4n) is 1.23. The zero-order valence-corrected chi connectivity index (χ0v) is 9.92. The van der Waals surface area contributed by atoms with Gasteiger partial charge in [0.25, 0.3) is 0 Å². The summed E-state index contributed by atoms with van der Waals surface area (Å²) in [5.74, 6) is 0.0748. The molecule has 0 bridgehead atoms. The van der Waals surface area contributed by atoms with Crippen molar-refractivity contribution in [1.29, 1.82) is 0 Å². The fourth-order valence-corrected chi connectivity index (χ4v) is 2.31. The van der Waals surface area contributed by atoms with Gasteiger partial charge in [0.15, 0.2) is 0 Å². The van der Waals surface area contributed by atoms with Crippen LogP contribution in [0.4, 0.5) is 0 Å². The van der Waals surface area contributed by atoms with Crippen molar-refractivity contribution in [1.82, 2.24) is 0 Å². The van der Waals surface area contributed by atoms with Gasteiger partial charge in [0.2, 0.25) is 0 Å². The fraction of sp³-hybridized carbons (Fsp3) is 1.00. The van der Waals surface area contributed by atoms with Crippen LogP contribution in [0, 0.1) is 5.92 Å². The van der Waals surface area contributed by atoms with Crippen LogP contribution in [0.1, 0.15) is 39.5 Å². The van der Waals surface area contributed by atoms with Gasteiger partial charge >= 0.3 is 17.1 Å². The van der Waals surface area contributed by atoms with Gasteiger partial charge in [-0.3, -0.25) is 0 Å². The standard InChI is InChI=1S/C8H19O3P.Cu/c1-3-5-6-8(4-2)7-12(9,10)11;/h8H,3-7H2,1-2H3,(H2,9,10,11);/q;+2/p-2. The van der Waals surface area contributed by atoms with E-state index in [2.05, 4.69) is 6.92 Å². The van der Waals surface area contributed by atoms with E-state index in [4.69, 9.17) is 0 Å². The molecule has 0 aliphatic rings. The SMILES string of the molecule is CCCCC(CC)CP(=O)([O-])[O-].[Cu+2]. The molecule has 0 aromatic heterocycles. The van der Waals surface area contributed by atoms with Crippen molar-refractivity contribution in [3.8, 4) is 0 Å². The van der Waals surface area contributed by atoms with E-state index in [9.17, 15) is 14.4 Å². The largest absolute Gasteiger partial charge is 2.00 e. The second-order valence-electron chi connectivity index (χ2n) is 3.21. The molecule has 0 N–H and O–H groups in total. The Kier molecular flexibility index (Phi) is 9.94. The zero-order chi connectivity index (χ0) is 9.61. The molecule has 1 radical (unpaired) electrons. The Morgan fingerprint density at radius 3 is 2.15 bits per heavy atom. The normalized spacial score (nSPS) is 13.5. The maximum Gasteiger partial charge on any atom is 2.00 e. The zero-order valence-electron chi connectivity index (χ0n) is 8.09. The first-order chi connectivity index (χ1) is 5.49. The summed E-state index contributed by atoms with van der Waals surface area (Å²) in [4.78, 5) is 20.9. The summed E-state index contributed by atoms with van der Waals surface area (Å²) in [6.45, 7) is 3.98. The van der Waals surface area contributed by atoms with E-state index in [1.807, 2.05) is 6.92 Å². The van der Waals surface area contributed by atoms with Gasteiger partial charge in [0, 0.05) is 0 Å². The molecule has 0 fully saturated rings. The summed E-state index contributed by atoms with van der Waals surface area (Å²) in [6, 6.07) is 0. The third kappa shape index (κ3) is 10.6. The molecule has 0 spiro atoms. The maximum atomic E-state index is 10.4. The predicted molar refractivity (Wildman–Crippen MR) is 45.8 cm³/mol. The second kappa shape index (κ2) is 8.02. The summed E-state index contributed by atoms with van der Waals surface area (Å²) in [5, 5.41) is 0. The molecule has 3 nitrogen and oxygen atoms in total. The maximum absolute atomic E-state index is 10.4. The Morgan fingerprint density at radius 2 is 1.85 bits per heavy atom. The van der Waals surface area contributed by atoms with Crippen LogP contribution >= 0.6 is 7.60 Å². The number of hydrogen-bond donors (Lipinski definition) is 0. The van der Waals surface area contributed by atoms with E-state index in [-0.39, 0.29) is 29.1 Å². The minimum absolute atomic E-state index is 0. The Labute approximate surface area is 90.9 Å². The van der Waals surface area contributed by atoms with Gasteiger partial charge in [-0.15, -0.1) is 0 Å². The molecule has 83 valence electrons. The first-order valence-electron chi connectivity index (χ1n) is 4.50. The minimum atomic E-state index is -4.28. The number of unbranched alkanes of at least 4 members (excludes halogenated alkanes) is 1. The molecule has 13 heavy (non-hydrogen) atoms. The van der Waals surface area contributed by atoms with Crippen LogP contribution in [0.3, 0.4) is 0 Å². The van der Waals surface area contributed by atoms with Gasteiger partial charge in [-0.1, -0.05) is 47.1 Å². The molecule has 0 aromatic carbocycles. The third-order valence-corrected chi connectivity index (χ3v) is 2.99. The van der Waals surface area contributed by atoms with Gasteiger partial charge in [-0.25, -0.2) is 0 Å². The van der Waals surface area contributed by atoms with Crippen molar-refractivity contribution < 1.29 is 31.4 Å². The minimum Gasteiger partial charge on any atom is -0.811 e. The van der Waals surface area contributed by atoms with Gasteiger partial charge in [0.1, 0.15) is 0 Å². The van der Waals surface area contributed by atoms with Crippen LogP contribution in [0.5, 0.6) is 0 Å². The molecule has 0 saturated carbocycles. The van der Waals surface area contributed by atoms with Crippen molar-refractivity contribution >= 4 is 7.60 Å². The first kappa shape index (κ1) is 16.1. The topological polar surface area (TPSA) is 63.2 Å². The summed E-state index contributed by atoms with van der Waals surface area (Å²) in [7, 11) is -4.28. The van der Waals surface area contributed by atoms with Crippen molar-refractivity contribution in [2.24, 2.45) is 5.92 Å². The molecule has 0 heterocycles. The first-order valence-corrected chi connectivity index (χ1v) is 6.23. The smallest absolute Gasteiger partial charge is 0.811 e. The van der Waals surface area contributed by atoms with E-state index in [0.717, 1.165) is 25.7 Å². The summed E-state index contributed by atoms with van der Waals surface area (Å²) in [5.41, 5.74) is 0. The Morgan fingerprint density at radius 1 is 1.31 bits per heavy atom. The van der Waals surface area contributed by atoms with Crippen LogP contribution in [0.2, 0.25) is 0 Å². The molecule has 0 rings (SSSR count). The van der Waals surface area contributed by atoms with Crippen molar-refractivity contribution in [2.45, 2.75) is 39.5 Å². The molecular formula is C8H17CuO3P. The van der Waals surface area contributed by atoms with E-state index in [0.29, 0.717) is 0 Å². The van der Waals surface area contributed by atoms with Gasteiger partial charge in [-0.05, 0) is 12.1 Å². The van der Waals surface area contributed by atoms with Crippen molar-refractivity contribution in [3.63, 3.8) is 0 Å². The van der Waals surface area contributed by atoms with E-state index in [1.54, 1.807) is 0 Å². The summed E-state index contributed by atoms with van der Waals surface area (Å²) >= 11 is 0. The van der Waals surface area contributed by atoms with E-state index >= 15 is 0 Å². The Hall–Kier alpha value is 0.669. The van der Waals surface area contributed by atoms with E-state index < -0.39 is 7.60 Å². The molecule has 1 atom stereocenters. The average molecular weight is 256 g/mol. The van der Waals surface area contributed by atoms with Crippen LogP contribution in [-0.2, 0) is 21.6 Å². The molecule has 1 unspecified atom stereocenters. The van der Waals surface area contributed by atoms with Gasteiger partial charge in [0.05, 0.1) is 0 Å². The Bertz CT molecular complexity index is 157. The second-order valence-corrected chi connectivity index (χ2v) is 4.80. The average Bonchev–Trinajstić information content (AvgIpc) is 1.95. The Balaban J connectivity index is 0. The molecule has 0 aliphatic carbocycles. The van der Waals surface area contributed by atoms with Crippen molar-refractivity contribution in [3.05, 3.63) is 0 Å². The number of rotatable bonds is 6. The summed E-state index contributed by atoms with van der Waals surface area (Å²) < 4.78 is 10.4. The van der Waals surface area contributed by atoms with E-state index in [1.165, 1.54) is 0 Å². The molecule has 0 aliphatic heterocycles. The third-order valence-electron chi connectivity index (χ3n) is 2.03. The van der Waals surface area contributed by atoms with Gasteiger partial charge in [-0.2, -0.15) is 0 Å².